The van der Waals surface area contributed by atoms with E-state index in [4.69, 9.17) is 0 Å². The van der Waals surface area contributed by atoms with Gasteiger partial charge in [-0.15, -0.1) is 0 Å². The second kappa shape index (κ2) is 3.80. The third-order valence-corrected chi connectivity index (χ3v) is 3.35. The summed E-state index contributed by atoms with van der Waals surface area (Å²) in [5.74, 6) is -0.849. The van der Waals surface area contributed by atoms with Crippen molar-refractivity contribution in [3.05, 3.63) is 23.4 Å². The minimum Gasteiger partial charge on any atom is -0.508 e. The lowest BCUT2D eigenvalue weighted by molar-refractivity contribution is -0.136. The first-order chi connectivity index (χ1) is 8.89. The lowest BCUT2D eigenvalue weighted by atomic mass is 10.1. The molecular weight excluding hydrogens is 261 g/mol. The maximum absolute atomic E-state index is 13.0. The van der Waals surface area contributed by atoms with Gasteiger partial charge in [0, 0.05) is 30.7 Å². The number of alkyl halides is 3. The van der Waals surface area contributed by atoms with E-state index in [1.165, 1.54) is 10.6 Å². The summed E-state index contributed by atoms with van der Waals surface area (Å²) in [7, 11) is 0. The number of fused-ring (bicyclic) bond motifs is 3. The molecule has 2 aromatic rings. The number of nitrogens with zero attached hydrogens (tertiary/aromatic N) is 1. The summed E-state index contributed by atoms with van der Waals surface area (Å²) in [6.45, 7) is 1.33. The van der Waals surface area contributed by atoms with E-state index in [9.17, 15) is 23.4 Å². The van der Waals surface area contributed by atoms with E-state index >= 15 is 0 Å². The number of halogens is 3. The van der Waals surface area contributed by atoms with Crippen LogP contribution in [0.1, 0.15) is 11.3 Å². The van der Waals surface area contributed by atoms with Crippen molar-refractivity contribution in [3.63, 3.8) is 0 Å². The van der Waals surface area contributed by atoms with Gasteiger partial charge in [0.1, 0.15) is 5.75 Å². The molecule has 102 valence electrons. The zero-order valence-electron chi connectivity index (χ0n) is 9.75. The van der Waals surface area contributed by atoms with Crippen LogP contribution >= 0.6 is 0 Å². The Morgan fingerprint density at radius 1 is 1.21 bits per heavy atom. The van der Waals surface area contributed by atoms with Gasteiger partial charge in [0.05, 0.1) is 10.9 Å². The SMILES string of the molecule is Oc1cc(C(F)(F)F)c2c(O)n3c(c2c1)CNCC3. The zero-order valence-corrected chi connectivity index (χ0v) is 9.75. The van der Waals surface area contributed by atoms with Gasteiger partial charge in [-0.3, -0.25) is 0 Å². The molecule has 19 heavy (non-hydrogen) atoms. The molecule has 1 aliphatic rings. The van der Waals surface area contributed by atoms with Gasteiger partial charge in [-0.25, -0.2) is 0 Å². The monoisotopic (exact) mass is 272 g/mol. The number of aromatic nitrogens is 1. The molecule has 0 spiro atoms. The number of phenolic OH excluding ortho intramolecular Hbond substituents is 1. The van der Waals surface area contributed by atoms with Crippen LogP contribution < -0.4 is 5.32 Å². The van der Waals surface area contributed by atoms with E-state index in [0.717, 1.165) is 0 Å². The molecule has 0 saturated heterocycles. The van der Waals surface area contributed by atoms with Gasteiger partial charge < -0.3 is 20.1 Å². The fourth-order valence-electron chi connectivity index (χ4n) is 2.56. The summed E-state index contributed by atoms with van der Waals surface area (Å²) in [5.41, 5.74) is -0.456. The number of benzene rings is 1. The van der Waals surface area contributed by atoms with Crippen LogP contribution in [0, 0.1) is 0 Å². The predicted octanol–water partition coefficient (Wildman–Crippen LogP) is 2.17. The summed E-state index contributed by atoms with van der Waals surface area (Å²) in [4.78, 5) is 0. The Hall–Kier alpha value is -1.89. The van der Waals surface area contributed by atoms with Gasteiger partial charge in [0.25, 0.3) is 0 Å². The predicted molar refractivity (Wildman–Crippen MR) is 62.0 cm³/mol. The molecule has 4 nitrogen and oxygen atoms in total. The van der Waals surface area contributed by atoms with Crippen LogP contribution in [0.15, 0.2) is 12.1 Å². The van der Waals surface area contributed by atoms with Crippen LogP contribution in [-0.4, -0.2) is 21.3 Å². The molecule has 3 rings (SSSR count). The molecule has 0 radical (unpaired) electrons. The van der Waals surface area contributed by atoms with Gasteiger partial charge in [-0.1, -0.05) is 0 Å². The summed E-state index contributed by atoms with van der Waals surface area (Å²) >= 11 is 0. The highest BCUT2D eigenvalue weighted by atomic mass is 19.4. The van der Waals surface area contributed by atoms with Gasteiger partial charge >= 0.3 is 6.18 Å². The van der Waals surface area contributed by atoms with Gasteiger partial charge in [-0.2, -0.15) is 13.2 Å². The van der Waals surface area contributed by atoms with Crippen molar-refractivity contribution >= 4 is 10.8 Å². The maximum Gasteiger partial charge on any atom is 0.417 e. The molecular formula is C12H11F3N2O2. The first-order valence-corrected chi connectivity index (χ1v) is 5.74. The molecule has 0 amide bonds. The average Bonchev–Trinajstić information content (AvgIpc) is 2.62. The second-order valence-electron chi connectivity index (χ2n) is 4.51. The largest absolute Gasteiger partial charge is 0.508 e. The number of nitrogens with one attached hydrogen (secondary N) is 1. The molecule has 1 aromatic carbocycles. The highest BCUT2D eigenvalue weighted by Crippen LogP contribution is 2.44. The standard InChI is InChI=1S/C12H11F3N2O2/c13-12(14,15)8-4-6(18)3-7-9-5-16-1-2-17(9)11(19)10(7)8/h3-4,16,18-19H,1-2,5H2. The Morgan fingerprint density at radius 2 is 1.95 bits per heavy atom. The minimum atomic E-state index is -4.63. The van der Waals surface area contributed by atoms with Crippen molar-refractivity contribution in [2.75, 3.05) is 6.54 Å². The quantitative estimate of drug-likeness (QED) is 0.689. The van der Waals surface area contributed by atoms with Gasteiger partial charge in [0.15, 0.2) is 5.88 Å². The third-order valence-electron chi connectivity index (χ3n) is 3.35. The van der Waals surface area contributed by atoms with E-state index in [2.05, 4.69) is 5.32 Å². The number of rotatable bonds is 0. The van der Waals surface area contributed by atoms with Gasteiger partial charge in [-0.05, 0) is 12.1 Å². The molecule has 3 N–H and O–H groups in total. The Morgan fingerprint density at radius 3 is 2.63 bits per heavy atom. The van der Waals surface area contributed by atoms with Crippen molar-refractivity contribution in [1.29, 1.82) is 0 Å². The zero-order chi connectivity index (χ0) is 13.8. The number of hydrogen-bond donors (Lipinski definition) is 3. The van der Waals surface area contributed by atoms with E-state index in [1.807, 2.05) is 0 Å². The molecule has 0 unspecified atom stereocenters. The molecule has 0 bridgehead atoms. The van der Waals surface area contributed by atoms with Crippen LogP contribution in [0.2, 0.25) is 0 Å². The fourth-order valence-corrected chi connectivity index (χ4v) is 2.56. The lowest BCUT2D eigenvalue weighted by Crippen LogP contribution is -2.27. The number of hydrogen-bond acceptors (Lipinski definition) is 3. The summed E-state index contributed by atoms with van der Waals surface area (Å²) in [5, 5.41) is 22.5. The highest BCUT2D eigenvalue weighted by molar-refractivity contribution is 5.95. The van der Waals surface area contributed by atoms with Crippen LogP contribution in [-0.2, 0) is 19.3 Å². The first-order valence-electron chi connectivity index (χ1n) is 5.74. The summed E-state index contributed by atoms with van der Waals surface area (Å²) in [6, 6.07) is 1.89. The van der Waals surface area contributed by atoms with Crippen molar-refractivity contribution in [2.24, 2.45) is 0 Å². The van der Waals surface area contributed by atoms with Crippen molar-refractivity contribution < 1.29 is 23.4 Å². The molecule has 1 aromatic heterocycles. The topological polar surface area (TPSA) is 57.4 Å². The fraction of sp³-hybridized carbons (Fsp3) is 0.333. The van der Waals surface area contributed by atoms with Crippen LogP contribution in [0.5, 0.6) is 11.6 Å². The molecule has 0 aliphatic carbocycles. The lowest BCUT2D eigenvalue weighted by Gasteiger charge is -2.17. The number of phenols is 1. The smallest absolute Gasteiger partial charge is 0.417 e. The average molecular weight is 272 g/mol. The van der Waals surface area contributed by atoms with E-state index in [1.54, 1.807) is 0 Å². The molecule has 0 atom stereocenters. The Labute approximate surface area is 106 Å². The van der Waals surface area contributed by atoms with Crippen molar-refractivity contribution in [3.8, 4) is 11.6 Å². The third kappa shape index (κ3) is 1.73. The molecule has 0 saturated carbocycles. The second-order valence-corrected chi connectivity index (χ2v) is 4.51. The molecule has 2 heterocycles. The summed E-state index contributed by atoms with van der Waals surface area (Å²) < 4.78 is 40.4. The Balaban J connectivity index is 2.43. The summed E-state index contributed by atoms with van der Waals surface area (Å²) in [6.07, 6.45) is -4.63. The Kier molecular flexibility index (Phi) is 2.43. The minimum absolute atomic E-state index is 0.233. The van der Waals surface area contributed by atoms with Gasteiger partial charge in [0.2, 0.25) is 0 Å². The molecule has 0 fully saturated rings. The van der Waals surface area contributed by atoms with Crippen LogP contribution in [0.3, 0.4) is 0 Å². The van der Waals surface area contributed by atoms with E-state index in [-0.39, 0.29) is 16.7 Å². The first kappa shape index (κ1) is 12.2. The Bertz CT molecular complexity index is 661. The van der Waals surface area contributed by atoms with Crippen molar-refractivity contribution in [1.82, 2.24) is 9.88 Å². The molecule has 7 heteroatoms. The number of aromatic hydroxyl groups is 2. The highest BCUT2D eigenvalue weighted by Gasteiger charge is 2.36. The van der Waals surface area contributed by atoms with E-state index < -0.39 is 17.5 Å². The van der Waals surface area contributed by atoms with E-state index in [0.29, 0.717) is 31.4 Å². The normalized spacial score (nSPS) is 15.7. The van der Waals surface area contributed by atoms with Crippen LogP contribution in [0.4, 0.5) is 13.2 Å². The maximum atomic E-state index is 13.0. The van der Waals surface area contributed by atoms with Crippen LogP contribution in [0.25, 0.3) is 10.8 Å². The van der Waals surface area contributed by atoms with Crippen molar-refractivity contribution in [2.45, 2.75) is 19.3 Å². The molecule has 1 aliphatic heterocycles.